The van der Waals surface area contributed by atoms with Crippen molar-refractivity contribution in [3.05, 3.63) is 95.3 Å². The van der Waals surface area contributed by atoms with Gasteiger partial charge in [-0.05, 0) is 67.3 Å². The van der Waals surface area contributed by atoms with Crippen LogP contribution in [0.1, 0.15) is 48.1 Å². The number of nitrogens with zero attached hydrogens (tertiary/aromatic N) is 2. The molecule has 0 fully saturated rings. The van der Waals surface area contributed by atoms with Gasteiger partial charge in [0, 0.05) is 18.0 Å². The van der Waals surface area contributed by atoms with Crippen molar-refractivity contribution in [2.24, 2.45) is 11.1 Å². The zero-order valence-electron chi connectivity index (χ0n) is 18.7. The molecule has 1 heterocycles. The third kappa shape index (κ3) is 5.98. The minimum atomic E-state index is -0.965. The zero-order valence-corrected chi connectivity index (χ0v) is 18.7. The van der Waals surface area contributed by atoms with Gasteiger partial charge in [-0.15, -0.1) is 0 Å². The number of aliphatic carboxylic acids is 1. The highest BCUT2D eigenvalue weighted by molar-refractivity contribution is 5.81. The zero-order chi connectivity index (χ0) is 23.0. The molecule has 1 aliphatic rings. The van der Waals surface area contributed by atoms with Gasteiger partial charge in [0.05, 0.1) is 5.71 Å². The van der Waals surface area contributed by atoms with E-state index in [1.54, 1.807) is 6.20 Å². The molecule has 0 bridgehead atoms. The summed E-state index contributed by atoms with van der Waals surface area (Å²) in [5.74, 6) is 0.172. The lowest BCUT2D eigenvalue weighted by atomic mass is 9.81. The Bertz CT molecular complexity index is 1060. The number of fused-ring (bicyclic) bond motifs is 1. The van der Waals surface area contributed by atoms with Gasteiger partial charge in [-0.1, -0.05) is 53.7 Å². The Balaban J connectivity index is 1.42. The van der Waals surface area contributed by atoms with Crippen LogP contribution in [0.4, 0.5) is 0 Å². The van der Waals surface area contributed by atoms with Crippen LogP contribution in [0.15, 0.2) is 78.2 Å². The van der Waals surface area contributed by atoms with E-state index in [0.29, 0.717) is 11.7 Å². The predicted octanol–water partition coefficient (Wildman–Crippen LogP) is 5.22. The van der Waals surface area contributed by atoms with Crippen molar-refractivity contribution in [3.8, 4) is 5.75 Å². The van der Waals surface area contributed by atoms with E-state index < -0.39 is 5.97 Å². The number of rotatable bonds is 9. The number of carboxylic acids is 1. The molecule has 0 spiro atoms. The number of hydrogen-bond donors (Lipinski definition) is 1. The Kier molecular flexibility index (Phi) is 7.35. The maximum Gasteiger partial charge on any atom is 0.341 e. The van der Waals surface area contributed by atoms with Crippen LogP contribution in [0.5, 0.6) is 5.75 Å². The molecule has 170 valence electrons. The minimum Gasteiger partial charge on any atom is -0.482 e. The van der Waals surface area contributed by atoms with E-state index in [1.807, 2.05) is 67.7 Å². The monoisotopic (exact) mass is 444 g/mol. The maximum absolute atomic E-state index is 10.9. The van der Waals surface area contributed by atoms with Crippen molar-refractivity contribution in [2.75, 3.05) is 6.61 Å². The summed E-state index contributed by atoms with van der Waals surface area (Å²) in [5, 5.41) is 13.4. The van der Waals surface area contributed by atoms with E-state index >= 15 is 0 Å². The molecule has 0 saturated carbocycles. The lowest BCUT2D eigenvalue weighted by Gasteiger charge is -2.26. The van der Waals surface area contributed by atoms with E-state index in [4.69, 9.17) is 14.7 Å². The highest BCUT2D eigenvalue weighted by Gasteiger charge is 2.23. The summed E-state index contributed by atoms with van der Waals surface area (Å²) in [4.78, 5) is 21.1. The number of pyridine rings is 1. The van der Waals surface area contributed by atoms with Crippen molar-refractivity contribution in [3.63, 3.8) is 0 Å². The SMILES string of the molecule is C/C(CC1CCc2c(cccc2OCC(=O)O)C1)=N/OC(c1ccccc1)c1cccnc1. The van der Waals surface area contributed by atoms with Crippen molar-refractivity contribution in [1.29, 1.82) is 0 Å². The summed E-state index contributed by atoms with van der Waals surface area (Å²) in [5.41, 5.74) is 5.29. The van der Waals surface area contributed by atoms with E-state index in [-0.39, 0.29) is 12.7 Å². The van der Waals surface area contributed by atoms with Crippen LogP contribution in [-0.2, 0) is 22.5 Å². The van der Waals surface area contributed by atoms with E-state index in [1.165, 1.54) is 5.56 Å². The number of hydrogen-bond acceptors (Lipinski definition) is 5. The highest BCUT2D eigenvalue weighted by atomic mass is 16.6. The molecule has 4 rings (SSSR count). The number of carbonyl (C=O) groups is 1. The summed E-state index contributed by atoms with van der Waals surface area (Å²) in [6, 6.07) is 19.8. The smallest absolute Gasteiger partial charge is 0.341 e. The molecule has 1 aliphatic carbocycles. The first-order valence-electron chi connectivity index (χ1n) is 11.2. The summed E-state index contributed by atoms with van der Waals surface area (Å²) >= 11 is 0. The van der Waals surface area contributed by atoms with Crippen molar-refractivity contribution in [2.45, 2.75) is 38.7 Å². The van der Waals surface area contributed by atoms with Gasteiger partial charge in [0.1, 0.15) is 5.75 Å². The maximum atomic E-state index is 10.9. The summed E-state index contributed by atoms with van der Waals surface area (Å²) in [6.45, 7) is 1.69. The third-order valence-electron chi connectivity index (χ3n) is 5.88. The molecular weight excluding hydrogens is 416 g/mol. The fraction of sp³-hybridized carbons (Fsp3) is 0.296. The van der Waals surface area contributed by atoms with Gasteiger partial charge in [0.2, 0.25) is 0 Å². The second kappa shape index (κ2) is 10.8. The number of oxime groups is 1. The highest BCUT2D eigenvalue weighted by Crippen LogP contribution is 2.34. The molecule has 1 N–H and O–H groups in total. The topological polar surface area (TPSA) is 81.0 Å². The van der Waals surface area contributed by atoms with Crippen LogP contribution >= 0.6 is 0 Å². The largest absolute Gasteiger partial charge is 0.482 e. The summed E-state index contributed by atoms with van der Waals surface area (Å²) in [6.07, 6.45) is 6.87. The van der Waals surface area contributed by atoms with Gasteiger partial charge < -0.3 is 14.7 Å². The standard InChI is InChI=1S/C27H28N2O4/c1-19(29-33-27(21-7-3-2-4-8-21)23-10-6-14-28-17-23)15-20-12-13-24-22(16-20)9-5-11-25(24)32-18-26(30)31/h2-11,14,17,20,27H,12-13,15-16,18H2,1H3,(H,30,31)/b29-19-. The number of aromatic nitrogens is 1. The molecule has 3 aromatic rings. The number of benzene rings is 2. The molecule has 33 heavy (non-hydrogen) atoms. The first-order chi connectivity index (χ1) is 16.1. The second-order valence-corrected chi connectivity index (χ2v) is 8.40. The van der Waals surface area contributed by atoms with Gasteiger partial charge >= 0.3 is 5.97 Å². The molecule has 0 radical (unpaired) electrons. The molecule has 6 heteroatoms. The average molecular weight is 445 g/mol. The van der Waals surface area contributed by atoms with Gasteiger partial charge in [0.25, 0.3) is 0 Å². The normalized spacial score (nSPS) is 16.5. The number of carboxylic acid groups (broad SMARTS) is 1. The lowest BCUT2D eigenvalue weighted by molar-refractivity contribution is -0.139. The Morgan fingerprint density at radius 2 is 1.94 bits per heavy atom. The van der Waals surface area contributed by atoms with Crippen LogP contribution < -0.4 is 4.74 Å². The van der Waals surface area contributed by atoms with Crippen molar-refractivity contribution in [1.82, 2.24) is 4.98 Å². The fourth-order valence-electron chi connectivity index (χ4n) is 4.37. The summed E-state index contributed by atoms with van der Waals surface area (Å²) in [7, 11) is 0. The first kappa shape index (κ1) is 22.5. The Labute approximate surface area is 193 Å². The quantitative estimate of drug-likeness (QED) is 0.361. The van der Waals surface area contributed by atoms with Crippen LogP contribution in [0.3, 0.4) is 0 Å². The molecule has 0 aliphatic heterocycles. The Hall–Kier alpha value is -3.67. The number of ether oxygens (including phenoxy) is 1. The van der Waals surface area contributed by atoms with Crippen LogP contribution in [0, 0.1) is 5.92 Å². The van der Waals surface area contributed by atoms with Crippen molar-refractivity contribution < 1.29 is 19.5 Å². The predicted molar refractivity (Wildman–Crippen MR) is 126 cm³/mol. The molecule has 2 unspecified atom stereocenters. The molecule has 6 nitrogen and oxygen atoms in total. The van der Waals surface area contributed by atoms with Crippen LogP contribution in [0.2, 0.25) is 0 Å². The van der Waals surface area contributed by atoms with Crippen LogP contribution in [0.25, 0.3) is 0 Å². The van der Waals surface area contributed by atoms with Gasteiger partial charge in [0.15, 0.2) is 12.7 Å². The second-order valence-electron chi connectivity index (χ2n) is 8.40. The molecule has 0 amide bonds. The van der Waals surface area contributed by atoms with Gasteiger partial charge in [-0.3, -0.25) is 4.98 Å². The van der Waals surface area contributed by atoms with Gasteiger partial charge in [-0.2, -0.15) is 0 Å². The Morgan fingerprint density at radius 3 is 2.70 bits per heavy atom. The molecule has 1 aromatic heterocycles. The first-order valence-corrected chi connectivity index (χ1v) is 11.2. The molecule has 2 atom stereocenters. The van der Waals surface area contributed by atoms with E-state index in [9.17, 15) is 4.79 Å². The fourth-order valence-corrected chi connectivity index (χ4v) is 4.37. The third-order valence-corrected chi connectivity index (χ3v) is 5.88. The van der Waals surface area contributed by atoms with E-state index in [0.717, 1.165) is 48.1 Å². The van der Waals surface area contributed by atoms with Crippen LogP contribution in [-0.4, -0.2) is 28.4 Å². The summed E-state index contributed by atoms with van der Waals surface area (Å²) < 4.78 is 5.48. The van der Waals surface area contributed by atoms with Gasteiger partial charge in [-0.25, -0.2) is 4.79 Å². The lowest BCUT2D eigenvalue weighted by Crippen LogP contribution is -2.19. The van der Waals surface area contributed by atoms with Crippen molar-refractivity contribution >= 4 is 11.7 Å². The minimum absolute atomic E-state index is 0.309. The Morgan fingerprint density at radius 1 is 1.12 bits per heavy atom. The molecule has 0 saturated heterocycles. The molecular formula is C27H28N2O4. The molecule has 2 aromatic carbocycles. The van der Waals surface area contributed by atoms with E-state index in [2.05, 4.69) is 16.2 Å². The average Bonchev–Trinajstić information content (AvgIpc) is 2.84.